The number of benzene rings is 1. The topological polar surface area (TPSA) is 106 Å². The standard InChI is InChI=1S/C20H21N3O5S/c1-3-28-17(25)10-13-11-29-20(21-13)22-16(24)5-4-8-23-18(26)14-7-6-12(2)9-15(14)19(23)27/h6-7,9,11H,3-5,8,10H2,1-2H3,(H,21,22,24). The Morgan fingerprint density at radius 1 is 1.21 bits per heavy atom. The highest BCUT2D eigenvalue weighted by Gasteiger charge is 2.34. The first kappa shape index (κ1) is 20.7. The van der Waals surface area contributed by atoms with E-state index in [2.05, 4.69) is 10.3 Å². The van der Waals surface area contributed by atoms with Crippen molar-refractivity contribution in [3.8, 4) is 0 Å². The van der Waals surface area contributed by atoms with Crippen LogP contribution in [-0.4, -0.2) is 46.7 Å². The molecule has 1 aromatic heterocycles. The van der Waals surface area contributed by atoms with Crippen LogP contribution in [0.25, 0.3) is 0 Å². The van der Waals surface area contributed by atoms with Gasteiger partial charge in [-0.3, -0.25) is 24.1 Å². The number of fused-ring (bicyclic) bond motifs is 1. The normalized spacial score (nSPS) is 12.8. The maximum absolute atomic E-state index is 12.4. The maximum atomic E-state index is 12.4. The molecule has 0 aliphatic carbocycles. The fourth-order valence-electron chi connectivity index (χ4n) is 2.99. The molecule has 29 heavy (non-hydrogen) atoms. The van der Waals surface area contributed by atoms with Crippen molar-refractivity contribution in [2.24, 2.45) is 0 Å². The van der Waals surface area contributed by atoms with Crippen LogP contribution in [0.15, 0.2) is 23.6 Å². The molecule has 1 N–H and O–H groups in total. The number of nitrogens with one attached hydrogen (secondary N) is 1. The second-order valence-electron chi connectivity index (χ2n) is 6.59. The van der Waals surface area contributed by atoms with E-state index in [-0.39, 0.29) is 43.1 Å². The van der Waals surface area contributed by atoms with Crippen molar-refractivity contribution >= 4 is 40.2 Å². The average Bonchev–Trinajstić information content (AvgIpc) is 3.19. The Kier molecular flexibility index (Phi) is 6.38. The zero-order chi connectivity index (χ0) is 21.0. The average molecular weight is 415 g/mol. The minimum Gasteiger partial charge on any atom is -0.466 e. The van der Waals surface area contributed by atoms with E-state index in [4.69, 9.17) is 4.74 Å². The lowest BCUT2D eigenvalue weighted by Crippen LogP contribution is -2.31. The van der Waals surface area contributed by atoms with E-state index in [1.165, 1.54) is 16.2 Å². The summed E-state index contributed by atoms with van der Waals surface area (Å²) in [7, 11) is 0. The third-order valence-corrected chi connectivity index (χ3v) is 5.15. The highest BCUT2D eigenvalue weighted by atomic mass is 32.1. The molecule has 0 saturated heterocycles. The van der Waals surface area contributed by atoms with Crippen molar-refractivity contribution < 1.29 is 23.9 Å². The molecule has 2 heterocycles. The second-order valence-corrected chi connectivity index (χ2v) is 7.45. The summed E-state index contributed by atoms with van der Waals surface area (Å²) < 4.78 is 4.86. The van der Waals surface area contributed by atoms with E-state index in [1.807, 2.05) is 6.92 Å². The third-order valence-electron chi connectivity index (χ3n) is 4.34. The number of ether oxygens (including phenoxy) is 1. The number of carbonyl (C=O) groups excluding carboxylic acids is 4. The van der Waals surface area contributed by atoms with Crippen molar-refractivity contribution in [2.45, 2.75) is 33.1 Å². The number of anilines is 1. The number of thiazole rings is 1. The van der Waals surface area contributed by atoms with Gasteiger partial charge in [-0.1, -0.05) is 11.6 Å². The van der Waals surface area contributed by atoms with Crippen LogP contribution in [0.2, 0.25) is 0 Å². The molecule has 0 fully saturated rings. The Morgan fingerprint density at radius 3 is 2.72 bits per heavy atom. The summed E-state index contributed by atoms with van der Waals surface area (Å²) in [6.07, 6.45) is 0.538. The van der Waals surface area contributed by atoms with Gasteiger partial charge in [0.2, 0.25) is 5.91 Å². The smallest absolute Gasteiger partial charge is 0.311 e. The lowest BCUT2D eigenvalue weighted by atomic mass is 10.1. The van der Waals surface area contributed by atoms with E-state index in [9.17, 15) is 19.2 Å². The summed E-state index contributed by atoms with van der Waals surface area (Å²) in [6.45, 7) is 4.07. The zero-order valence-electron chi connectivity index (χ0n) is 16.2. The van der Waals surface area contributed by atoms with Crippen LogP contribution in [0.3, 0.4) is 0 Å². The van der Waals surface area contributed by atoms with Gasteiger partial charge in [-0.05, 0) is 32.4 Å². The van der Waals surface area contributed by atoms with Gasteiger partial charge in [0.05, 0.1) is 29.8 Å². The summed E-state index contributed by atoms with van der Waals surface area (Å²) >= 11 is 1.22. The molecule has 2 aromatic rings. The maximum Gasteiger partial charge on any atom is 0.311 e. The summed E-state index contributed by atoms with van der Waals surface area (Å²) in [5.74, 6) is -1.28. The van der Waals surface area contributed by atoms with Crippen LogP contribution >= 0.6 is 11.3 Å². The van der Waals surface area contributed by atoms with Gasteiger partial charge in [0.25, 0.3) is 11.8 Å². The Bertz CT molecular complexity index is 969. The molecule has 0 spiro atoms. The fraction of sp³-hybridized carbons (Fsp3) is 0.350. The van der Waals surface area contributed by atoms with Crippen molar-refractivity contribution in [1.82, 2.24) is 9.88 Å². The van der Waals surface area contributed by atoms with Gasteiger partial charge >= 0.3 is 5.97 Å². The predicted octanol–water partition coefficient (Wildman–Crippen LogP) is 2.57. The van der Waals surface area contributed by atoms with Crippen LogP contribution < -0.4 is 5.32 Å². The number of aromatic nitrogens is 1. The summed E-state index contributed by atoms with van der Waals surface area (Å²) in [4.78, 5) is 53.7. The van der Waals surface area contributed by atoms with Crippen molar-refractivity contribution in [3.05, 3.63) is 46.0 Å². The van der Waals surface area contributed by atoms with Crippen molar-refractivity contribution in [1.29, 1.82) is 0 Å². The summed E-state index contributed by atoms with van der Waals surface area (Å²) in [5.41, 5.74) is 2.26. The summed E-state index contributed by atoms with van der Waals surface area (Å²) in [5, 5.41) is 4.75. The van der Waals surface area contributed by atoms with Crippen LogP contribution in [0, 0.1) is 6.92 Å². The van der Waals surface area contributed by atoms with Crippen LogP contribution in [0.1, 0.15) is 51.7 Å². The summed E-state index contributed by atoms with van der Waals surface area (Å²) in [6, 6.07) is 5.16. The predicted molar refractivity (Wildman–Crippen MR) is 107 cm³/mol. The van der Waals surface area contributed by atoms with E-state index in [0.717, 1.165) is 5.56 Å². The number of hydrogen-bond donors (Lipinski definition) is 1. The molecule has 1 aliphatic rings. The Labute approximate surface area is 171 Å². The largest absolute Gasteiger partial charge is 0.466 e. The lowest BCUT2D eigenvalue weighted by molar-refractivity contribution is -0.142. The van der Waals surface area contributed by atoms with Gasteiger partial charge in [0.15, 0.2) is 5.13 Å². The zero-order valence-corrected chi connectivity index (χ0v) is 17.0. The number of carbonyl (C=O) groups is 4. The third kappa shape index (κ3) is 4.86. The molecule has 8 nitrogen and oxygen atoms in total. The van der Waals surface area contributed by atoms with E-state index in [1.54, 1.807) is 30.5 Å². The van der Waals surface area contributed by atoms with Crippen LogP contribution in [0.5, 0.6) is 0 Å². The van der Waals surface area contributed by atoms with Gasteiger partial charge in [-0.2, -0.15) is 0 Å². The second kappa shape index (κ2) is 8.95. The Hall–Kier alpha value is -3.07. The molecule has 9 heteroatoms. The van der Waals surface area contributed by atoms with Crippen molar-refractivity contribution in [2.75, 3.05) is 18.5 Å². The number of esters is 1. The Balaban J connectivity index is 1.47. The van der Waals surface area contributed by atoms with Gasteiger partial charge < -0.3 is 10.1 Å². The van der Waals surface area contributed by atoms with Gasteiger partial charge in [0.1, 0.15) is 0 Å². The van der Waals surface area contributed by atoms with Gasteiger partial charge in [-0.25, -0.2) is 4.98 Å². The molecule has 0 bridgehead atoms. The highest BCUT2D eigenvalue weighted by Crippen LogP contribution is 2.24. The van der Waals surface area contributed by atoms with Crippen LogP contribution in [0.4, 0.5) is 5.13 Å². The number of hydrogen-bond acceptors (Lipinski definition) is 7. The first-order valence-corrected chi connectivity index (χ1v) is 10.1. The number of nitrogens with zero attached hydrogens (tertiary/aromatic N) is 2. The molecule has 152 valence electrons. The first-order valence-electron chi connectivity index (χ1n) is 9.25. The number of rotatable bonds is 8. The highest BCUT2D eigenvalue weighted by molar-refractivity contribution is 7.13. The molecule has 0 radical (unpaired) electrons. The minimum atomic E-state index is -0.369. The molecule has 1 aliphatic heterocycles. The number of aryl methyl sites for hydroxylation is 1. The Morgan fingerprint density at radius 2 is 1.97 bits per heavy atom. The number of imide groups is 1. The molecule has 0 atom stereocenters. The molecular formula is C20H21N3O5S. The molecular weight excluding hydrogens is 394 g/mol. The van der Waals surface area contributed by atoms with E-state index >= 15 is 0 Å². The molecule has 3 rings (SSSR count). The monoisotopic (exact) mass is 415 g/mol. The van der Waals surface area contributed by atoms with Gasteiger partial charge in [0, 0.05) is 18.3 Å². The fourth-order valence-corrected chi connectivity index (χ4v) is 3.72. The minimum absolute atomic E-state index is 0.0550. The molecule has 3 amide bonds. The molecule has 1 aromatic carbocycles. The quantitative estimate of drug-likeness (QED) is 0.525. The van der Waals surface area contributed by atoms with E-state index in [0.29, 0.717) is 35.0 Å². The number of amides is 3. The van der Waals surface area contributed by atoms with E-state index < -0.39 is 0 Å². The van der Waals surface area contributed by atoms with Gasteiger partial charge in [-0.15, -0.1) is 11.3 Å². The molecule has 0 unspecified atom stereocenters. The van der Waals surface area contributed by atoms with Crippen molar-refractivity contribution in [3.63, 3.8) is 0 Å². The first-order chi connectivity index (χ1) is 13.9. The van der Waals surface area contributed by atoms with Crippen LogP contribution in [-0.2, 0) is 20.7 Å². The SMILES string of the molecule is CCOC(=O)Cc1csc(NC(=O)CCCN2C(=O)c3ccc(C)cc3C2=O)n1. The lowest BCUT2D eigenvalue weighted by Gasteiger charge is -2.13. The molecule has 0 saturated carbocycles.